The fraction of sp³-hybridized carbons (Fsp3) is 0.111. The first kappa shape index (κ1) is 16.3. The number of hydrogen-bond acceptors (Lipinski definition) is 7. The molecule has 0 unspecified atom stereocenters. The minimum Gasteiger partial charge on any atom is -0.465 e. The molecule has 0 radical (unpaired) electrons. The smallest absolute Gasteiger partial charge is 0.341 e. The van der Waals surface area contributed by atoms with Crippen molar-refractivity contribution in [2.45, 2.75) is 11.0 Å². The highest BCUT2D eigenvalue weighted by atomic mass is 32.2. The van der Waals surface area contributed by atoms with E-state index in [0.717, 1.165) is 11.3 Å². The number of thioether (sulfide) groups is 1. The van der Waals surface area contributed by atoms with Gasteiger partial charge in [0, 0.05) is 23.7 Å². The maximum atomic E-state index is 11.8. The second-order valence-electron chi connectivity index (χ2n) is 5.40. The zero-order chi connectivity index (χ0) is 17.9. The number of benzene rings is 1. The molecule has 3 heterocycles. The summed E-state index contributed by atoms with van der Waals surface area (Å²) in [6.07, 6.45) is 3.70. The Hall–Kier alpha value is -3.13. The number of imidazole rings is 1. The molecule has 0 saturated carbocycles. The topological polar surface area (TPSA) is 82.5 Å². The van der Waals surface area contributed by atoms with E-state index in [9.17, 15) is 4.79 Å². The third-order valence-electron chi connectivity index (χ3n) is 3.71. The summed E-state index contributed by atoms with van der Waals surface area (Å²) in [5.41, 5.74) is 2.66. The van der Waals surface area contributed by atoms with Gasteiger partial charge < -0.3 is 13.6 Å². The first-order chi connectivity index (χ1) is 12.7. The van der Waals surface area contributed by atoms with Crippen molar-refractivity contribution in [3.05, 3.63) is 66.1 Å². The molecule has 4 rings (SSSR count). The lowest BCUT2D eigenvalue weighted by Crippen LogP contribution is -2.03. The number of nitrogens with zero attached hydrogens (tertiary/aromatic N) is 4. The Kier molecular flexibility index (Phi) is 4.40. The molecule has 0 spiro atoms. The highest BCUT2D eigenvalue weighted by Gasteiger charge is 2.14. The van der Waals surface area contributed by atoms with Gasteiger partial charge in [-0.2, -0.15) is 0 Å². The molecular weight excluding hydrogens is 352 g/mol. The van der Waals surface area contributed by atoms with Crippen LogP contribution in [0.25, 0.3) is 17.1 Å². The highest BCUT2D eigenvalue weighted by Crippen LogP contribution is 2.25. The Balaban J connectivity index is 1.52. The summed E-state index contributed by atoms with van der Waals surface area (Å²) in [6.45, 7) is 0. The Morgan fingerprint density at radius 2 is 2.04 bits per heavy atom. The number of aromatic nitrogens is 4. The molecule has 0 aliphatic heterocycles. The Morgan fingerprint density at radius 3 is 2.85 bits per heavy atom. The van der Waals surface area contributed by atoms with E-state index in [1.807, 2.05) is 42.7 Å². The van der Waals surface area contributed by atoms with E-state index in [4.69, 9.17) is 9.15 Å². The monoisotopic (exact) mass is 366 g/mol. The minimum atomic E-state index is -0.412. The highest BCUT2D eigenvalue weighted by molar-refractivity contribution is 7.98. The number of fused-ring (bicyclic) bond motifs is 1. The molecule has 0 aliphatic carbocycles. The van der Waals surface area contributed by atoms with Gasteiger partial charge in [-0.3, -0.25) is 0 Å². The van der Waals surface area contributed by atoms with Gasteiger partial charge in [0.25, 0.3) is 5.22 Å². The second kappa shape index (κ2) is 7.01. The molecule has 0 N–H and O–H groups in total. The van der Waals surface area contributed by atoms with Gasteiger partial charge in [-0.05, 0) is 24.3 Å². The number of carbonyl (C=O) groups excluding carboxylic acids is 1. The molecular formula is C18H14N4O3S. The largest absolute Gasteiger partial charge is 0.465 e. The fourth-order valence-corrected chi connectivity index (χ4v) is 3.15. The number of ether oxygens (including phenoxy) is 1. The molecule has 7 nitrogen and oxygen atoms in total. The van der Waals surface area contributed by atoms with Crippen LogP contribution in [0.2, 0.25) is 0 Å². The van der Waals surface area contributed by atoms with E-state index in [1.165, 1.54) is 18.9 Å². The summed E-state index contributed by atoms with van der Waals surface area (Å²) in [6, 6.07) is 13.1. The average molecular weight is 366 g/mol. The van der Waals surface area contributed by atoms with Gasteiger partial charge in [-0.25, -0.2) is 9.78 Å². The summed E-state index contributed by atoms with van der Waals surface area (Å²) < 4.78 is 12.3. The van der Waals surface area contributed by atoms with Crippen molar-refractivity contribution < 1.29 is 13.9 Å². The van der Waals surface area contributed by atoms with Crippen LogP contribution >= 0.6 is 11.8 Å². The maximum Gasteiger partial charge on any atom is 0.341 e. The maximum absolute atomic E-state index is 11.8. The standard InChI is InChI=1S/C18H14N4O3S/c1-24-17(23)14-8-5-9-22-10-13(19-15(14)22)11-26-18-21-20-16(25-18)12-6-3-2-4-7-12/h2-10H,11H2,1H3. The van der Waals surface area contributed by atoms with Crippen LogP contribution in [-0.4, -0.2) is 32.7 Å². The van der Waals surface area contributed by atoms with Gasteiger partial charge in [0.05, 0.1) is 12.8 Å². The van der Waals surface area contributed by atoms with Crippen molar-refractivity contribution in [3.8, 4) is 11.5 Å². The lowest BCUT2D eigenvalue weighted by atomic mass is 10.2. The van der Waals surface area contributed by atoms with E-state index in [-0.39, 0.29) is 0 Å². The molecule has 26 heavy (non-hydrogen) atoms. The van der Waals surface area contributed by atoms with Crippen LogP contribution < -0.4 is 0 Å². The fourth-order valence-electron chi connectivity index (χ4n) is 2.50. The van der Waals surface area contributed by atoms with Gasteiger partial charge in [-0.1, -0.05) is 30.0 Å². The van der Waals surface area contributed by atoms with Crippen molar-refractivity contribution in [2.24, 2.45) is 0 Å². The summed E-state index contributed by atoms with van der Waals surface area (Å²) in [5, 5.41) is 8.59. The molecule has 130 valence electrons. The predicted octanol–water partition coefficient (Wildman–Crippen LogP) is 3.46. The number of rotatable bonds is 5. The zero-order valence-electron chi connectivity index (χ0n) is 13.8. The second-order valence-corrected chi connectivity index (χ2v) is 6.33. The van der Waals surface area contributed by atoms with E-state index in [1.54, 1.807) is 16.5 Å². The van der Waals surface area contributed by atoms with Crippen molar-refractivity contribution in [1.29, 1.82) is 0 Å². The van der Waals surface area contributed by atoms with Crippen LogP contribution in [0.3, 0.4) is 0 Å². The molecule has 4 aromatic rings. The van der Waals surface area contributed by atoms with Crippen LogP contribution in [0.1, 0.15) is 16.1 Å². The van der Waals surface area contributed by atoms with Gasteiger partial charge >= 0.3 is 5.97 Å². The van der Waals surface area contributed by atoms with Crippen LogP contribution in [0.15, 0.2) is 64.5 Å². The molecule has 0 fully saturated rings. The van der Waals surface area contributed by atoms with Gasteiger partial charge in [0.1, 0.15) is 5.56 Å². The van der Waals surface area contributed by atoms with Crippen molar-refractivity contribution in [1.82, 2.24) is 19.6 Å². The Labute approximate surface area is 153 Å². The molecule has 0 amide bonds. The molecule has 3 aromatic heterocycles. The van der Waals surface area contributed by atoms with Gasteiger partial charge in [-0.15, -0.1) is 10.2 Å². The van der Waals surface area contributed by atoms with Crippen LogP contribution in [0, 0.1) is 0 Å². The minimum absolute atomic E-state index is 0.412. The molecule has 1 aromatic carbocycles. The number of carbonyl (C=O) groups is 1. The SMILES string of the molecule is COC(=O)c1cccn2cc(CSc3nnc(-c4ccccc4)o3)nc12. The first-order valence-corrected chi connectivity index (χ1v) is 8.80. The molecule has 0 aliphatic rings. The van der Waals surface area contributed by atoms with E-state index < -0.39 is 5.97 Å². The van der Waals surface area contributed by atoms with Crippen molar-refractivity contribution in [2.75, 3.05) is 7.11 Å². The zero-order valence-corrected chi connectivity index (χ0v) is 14.6. The van der Waals surface area contributed by atoms with Crippen molar-refractivity contribution >= 4 is 23.4 Å². The number of pyridine rings is 1. The molecule has 0 saturated heterocycles. The predicted molar refractivity (Wildman–Crippen MR) is 95.8 cm³/mol. The van der Waals surface area contributed by atoms with Crippen molar-refractivity contribution in [3.63, 3.8) is 0 Å². The van der Waals surface area contributed by atoms with Gasteiger partial charge in [0.15, 0.2) is 5.65 Å². The number of methoxy groups -OCH3 is 1. The first-order valence-electron chi connectivity index (χ1n) is 7.81. The normalized spacial score (nSPS) is 11.0. The van der Waals surface area contributed by atoms with Crippen LogP contribution in [-0.2, 0) is 10.5 Å². The molecule has 0 atom stereocenters. The lowest BCUT2D eigenvalue weighted by Gasteiger charge is -2.00. The lowest BCUT2D eigenvalue weighted by molar-refractivity contribution is 0.0602. The van der Waals surface area contributed by atoms with Gasteiger partial charge in [0.2, 0.25) is 5.89 Å². The third-order valence-corrected chi connectivity index (χ3v) is 4.56. The van der Waals surface area contributed by atoms with Crippen LogP contribution in [0.4, 0.5) is 0 Å². The molecule has 8 heteroatoms. The number of esters is 1. The summed E-state index contributed by atoms with van der Waals surface area (Å²) in [7, 11) is 1.35. The average Bonchev–Trinajstić information content (AvgIpc) is 3.32. The third kappa shape index (κ3) is 3.18. The summed E-state index contributed by atoms with van der Waals surface area (Å²) in [4.78, 5) is 16.4. The van der Waals surface area contributed by atoms with Crippen LogP contribution in [0.5, 0.6) is 0 Å². The number of hydrogen-bond donors (Lipinski definition) is 0. The van der Waals surface area contributed by atoms with E-state index >= 15 is 0 Å². The molecule has 0 bridgehead atoms. The Bertz CT molecular complexity index is 1060. The summed E-state index contributed by atoms with van der Waals surface area (Å²) >= 11 is 1.39. The quantitative estimate of drug-likeness (QED) is 0.395. The summed E-state index contributed by atoms with van der Waals surface area (Å²) in [5.74, 6) is 0.611. The van der Waals surface area contributed by atoms with E-state index in [0.29, 0.717) is 28.1 Å². The van der Waals surface area contributed by atoms with E-state index in [2.05, 4.69) is 15.2 Å². The Morgan fingerprint density at radius 1 is 1.19 bits per heavy atom.